The Bertz CT molecular complexity index is 539. The van der Waals surface area contributed by atoms with E-state index in [-0.39, 0.29) is 11.3 Å². The number of likely N-dealkylation sites (tertiary alicyclic amines) is 1. The summed E-state index contributed by atoms with van der Waals surface area (Å²) in [6.07, 6.45) is 1.69. The summed E-state index contributed by atoms with van der Waals surface area (Å²) < 4.78 is 1.11. The standard InChI is InChI=1S/C15H19BrN2O/c1-15(2)9-17-13-6-10(12(16)7-11(13)15)8-18-5-3-4-14(18)19/h6-7,17H,3-5,8-9H2,1-2H3. The molecule has 0 aromatic heterocycles. The van der Waals surface area contributed by atoms with Crippen LogP contribution in [0, 0.1) is 0 Å². The molecule has 3 nitrogen and oxygen atoms in total. The molecule has 0 bridgehead atoms. The third-order valence-corrected chi connectivity index (χ3v) is 4.91. The second-order valence-electron chi connectivity index (χ2n) is 6.15. The molecule has 3 rings (SSSR count). The van der Waals surface area contributed by atoms with Crippen molar-refractivity contribution >= 4 is 27.5 Å². The maximum absolute atomic E-state index is 11.7. The van der Waals surface area contributed by atoms with Crippen molar-refractivity contribution in [1.29, 1.82) is 0 Å². The number of benzene rings is 1. The van der Waals surface area contributed by atoms with Gasteiger partial charge in [0.1, 0.15) is 0 Å². The van der Waals surface area contributed by atoms with E-state index in [1.54, 1.807) is 0 Å². The summed E-state index contributed by atoms with van der Waals surface area (Å²) in [7, 11) is 0. The number of rotatable bonds is 2. The lowest BCUT2D eigenvalue weighted by atomic mass is 9.86. The Balaban J connectivity index is 1.90. The maximum Gasteiger partial charge on any atom is 0.222 e. The van der Waals surface area contributed by atoms with Crippen molar-refractivity contribution in [1.82, 2.24) is 4.90 Å². The van der Waals surface area contributed by atoms with Crippen LogP contribution in [0.5, 0.6) is 0 Å². The molecule has 19 heavy (non-hydrogen) atoms. The van der Waals surface area contributed by atoms with Crippen LogP contribution in [0.4, 0.5) is 5.69 Å². The lowest BCUT2D eigenvalue weighted by Gasteiger charge is -2.20. The number of carbonyl (C=O) groups is 1. The van der Waals surface area contributed by atoms with Gasteiger partial charge in [-0.25, -0.2) is 0 Å². The number of halogens is 1. The molecule has 1 amide bonds. The van der Waals surface area contributed by atoms with Crippen LogP contribution in [0.2, 0.25) is 0 Å². The van der Waals surface area contributed by atoms with E-state index in [0.717, 1.165) is 30.5 Å². The Morgan fingerprint density at radius 1 is 1.42 bits per heavy atom. The van der Waals surface area contributed by atoms with Crippen molar-refractivity contribution in [3.8, 4) is 0 Å². The highest BCUT2D eigenvalue weighted by Gasteiger charge is 2.31. The van der Waals surface area contributed by atoms with Crippen molar-refractivity contribution in [2.45, 2.75) is 38.6 Å². The molecule has 1 aromatic carbocycles. The van der Waals surface area contributed by atoms with Crippen LogP contribution in [0.25, 0.3) is 0 Å². The van der Waals surface area contributed by atoms with Gasteiger partial charge in [0.2, 0.25) is 5.91 Å². The molecule has 2 heterocycles. The summed E-state index contributed by atoms with van der Waals surface area (Å²) in [6.45, 7) is 7.08. The maximum atomic E-state index is 11.7. The number of hydrogen-bond donors (Lipinski definition) is 1. The van der Waals surface area contributed by atoms with Gasteiger partial charge in [0.05, 0.1) is 0 Å². The van der Waals surface area contributed by atoms with Gasteiger partial charge in [-0.3, -0.25) is 4.79 Å². The first kappa shape index (κ1) is 13.0. The first-order valence-corrected chi connectivity index (χ1v) is 7.61. The fourth-order valence-corrected chi connectivity index (χ4v) is 3.40. The molecule has 1 aromatic rings. The largest absolute Gasteiger partial charge is 0.384 e. The Morgan fingerprint density at radius 3 is 2.89 bits per heavy atom. The number of carbonyl (C=O) groups excluding carboxylic acids is 1. The zero-order chi connectivity index (χ0) is 13.6. The minimum Gasteiger partial charge on any atom is -0.384 e. The minimum atomic E-state index is 0.180. The molecule has 0 atom stereocenters. The van der Waals surface area contributed by atoms with Gasteiger partial charge >= 0.3 is 0 Å². The fourth-order valence-electron chi connectivity index (χ4n) is 2.93. The first-order valence-electron chi connectivity index (χ1n) is 6.82. The molecule has 1 saturated heterocycles. The Morgan fingerprint density at radius 2 is 2.21 bits per heavy atom. The van der Waals surface area contributed by atoms with Gasteiger partial charge in [-0.2, -0.15) is 0 Å². The molecule has 0 unspecified atom stereocenters. The molecule has 0 saturated carbocycles. The van der Waals surface area contributed by atoms with Gasteiger partial charge in [0, 0.05) is 41.6 Å². The third-order valence-electron chi connectivity index (χ3n) is 4.17. The van der Waals surface area contributed by atoms with Gasteiger partial charge in [0.15, 0.2) is 0 Å². The summed E-state index contributed by atoms with van der Waals surface area (Å²) in [5.74, 6) is 0.278. The van der Waals surface area contributed by atoms with Gasteiger partial charge in [-0.05, 0) is 29.7 Å². The summed E-state index contributed by atoms with van der Waals surface area (Å²) in [4.78, 5) is 13.7. The van der Waals surface area contributed by atoms with Crippen molar-refractivity contribution in [3.63, 3.8) is 0 Å². The minimum absolute atomic E-state index is 0.180. The molecule has 2 aliphatic rings. The summed E-state index contributed by atoms with van der Waals surface area (Å²) >= 11 is 3.66. The van der Waals surface area contributed by atoms with Crippen LogP contribution in [0.1, 0.15) is 37.8 Å². The number of nitrogens with zero attached hydrogens (tertiary/aromatic N) is 1. The van der Waals surface area contributed by atoms with E-state index in [9.17, 15) is 4.79 Å². The summed E-state index contributed by atoms with van der Waals surface area (Å²) in [5, 5.41) is 3.47. The van der Waals surface area contributed by atoms with E-state index in [1.165, 1.54) is 16.8 Å². The Hall–Kier alpha value is -1.03. The van der Waals surface area contributed by atoms with E-state index in [1.807, 2.05) is 4.90 Å². The normalized spacial score (nSPS) is 20.6. The predicted molar refractivity (Wildman–Crippen MR) is 80.3 cm³/mol. The molecule has 2 aliphatic heterocycles. The first-order chi connectivity index (χ1) is 8.97. The summed E-state index contributed by atoms with van der Waals surface area (Å²) in [6, 6.07) is 4.41. The summed E-state index contributed by atoms with van der Waals surface area (Å²) in [5.41, 5.74) is 3.95. The molecule has 0 radical (unpaired) electrons. The quantitative estimate of drug-likeness (QED) is 0.906. The van der Waals surface area contributed by atoms with E-state index >= 15 is 0 Å². The second-order valence-corrected chi connectivity index (χ2v) is 7.00. The number of nitrogens with one attached hydrogen (secondary N) is 1. The van der Waals surface area contributed by atoms with Gasteiger partial charge in [0.25, 0.3) is 0 Å². The van der Waals surface area contributed by atoms with Crippen LogP contribution in [-0.4, -0.2) is 23.9 Å². The molecule has 0 aliphatic carbocycles. The molecule has 1 N–H and O–H groups in total. The average Bonchev–Trinajstić information content (AvgIpc) is 2.86. The SMILES string of the molecule is CC1(C)CNc2cc(CN3CCCC3=O)c(Br)cc21. The van der Waals surface area contributed by atoms with E-state index in [0.29, 0.717) is 6.42 Å². The Kier molecular flexibility index (Phi) is 3.08. The van der Waals surface area contributed by atoms with Crippen LogP contribution >= 0.6 is 15.9 Å². The van der Waals surface area contributed by atoms with E-state index < -0.39 is 0 Å². The van der Waals surface area contributed by atoms with Gasteiger partial charge in [-0.1, -0.05) is 29.8 Å². The molecule has 102 valence electrons. The highest BCUT2D eigenvalue weighted by atomic mass is 79.9. The number of amides is 1. The van der Waals surface area contributed by atoms with Crippen molar-refractivity contribution in [2.75, 3.05) is 18.4 Å². The zero-order valence-electron chi connectivity index (χ0n) is 11.4. The molecule has 0 spiro atoms. The smallest absolute Gasteiger partial charge is 0.222 e. The average molecular weight is 323 g/mol. The van der Waals surface area contributed by atoms with E-state index in [4.69, 9.17) is 0 Å². The predicted octanol–water partition coefficient (Wildman–Crippen LogP) is 3.27. The lowest BCUT2D eigenvalue weighted by molar-refractivity contribution is -0.128. The fraction of sp³-hybridized carbons (Fsp3) is 0.533. The van der Waals surface area contributed by atoms with Crippen LogP contribution in [0.3, 0.4) is 0 Å². The van der Waals surface area contributed by atoms with Crippen molar-refractivity contribution < 1.29 is 4.79 Å². The van der Waals surface area contributed by atoms with Gasteiger partial charge < -0.3 is 10.2 Å². The highest BCUT2D eigenvalue weighted by molar-refractivity contribution is 9.10. The number of fused-ring (bicyclic) bond motifs is 1. The molecular formula is C15H19BrN2O. The zero-order valence-corrected chi connectivity index (χ0v) is 13.0. The van der Waals surface area contributed by atoms with Crippen LogP contribution < -0.4 is 5.32 Å². The lowest BCUT2D eigenvalue weighted by Crippen LogP contribution is -2.24. The molecule has 1 fully saturated rings. The van der Waals surface area contributed by atoms with E-state index in [2.05, 4.69) is 47.2 Å². The topological polar surface area (TPSA) is 32.3 Å². The monoisotopic (exact) mass is 322 g/mol. The second kappa shape index (κ2) is 4.51. The van der Waals surface area contributed by atoms with Crippen LogP contribution in [-0.2, 0) is 16.8 Å². The van der Waals surface area contributed by atoms with Crippen LogP contribution in [0.15, 0.2) is 16.6 Å². The number of anilines is 1. The highest BCUT2D eigenvalue weighted by Crippen LogP contribution is 2.39. The Labute approximate surface area is 122 Å². The third kappa shape index (κ3) is 2.27. The van der Waals surface area contributed by atoms with Gasteiger partial charge in [-0.15, -0.1) is 0 Å². The molecular weight excluding hydrogens is 304 g/mol. The van der Waals surface area contributed by atoms with Crippen molar-refractivity contribution in [3.05, 3.63) is 27.7 Å². The molecule has 4 heteroatoms. The van der Waals surface area contributed by atoms with Crippen molar-refractivity contribution in [2.24, 2.45) is 0 Å². The number of hydrogen-bond acceptors (Lipinski definition) is 2.